The molecule has 0 aromatic heterocycles. The molecular weight excluding hydrogens is 438 g/mol. The van der Waals surface area contributed by atoms with Gasteiger partial charge in [-0.1, -0.05) is 83.9 Å². The van der Waals surface area contributed by atoms with Crippen LogP contribution >= 0.6 is 0 Å². The number of carbonyl (C=O) groups excluding carboxylic acids is 1. The van der Waals surface area contributed by atoms with Gasteiger partial charge in [0.15, 0.2) is 5.66 Å². The number of nitrogens with zero attached hydrogens (tertiary/aromatic N) is 3. The fourth-order valence-corrected chi connectivity index (χ4v) is 5.19. The van der Waals surface area contributed by atoms with Crippen molar-refractivity contribution in [2.75, 3.05) is 23.5 Å². The molecule has 6 nitrogen and oxygen atoms in total. The summed E-state index contributed by atoms with van der Waals surface area (Å²) in [4.78, 5) is 23.7. The number of hydrogen-bond donors (Lipinski definition) is 0. The van der Waals surface area contributed by atoms with Gasteiger partial charge in [-0.3, -0.25) is 0 Å². The van der Waals surface area contributed by atoms with Gasteiger partial charge in [0.05, 0.1) is 13.7 Å². The quantitative estimate of drug-likeness (QED) is 0.367. The predicted octanol–water partition coefficient (Wildman–Crippen LogP) is 5.94. The van der Waals surface area contributed by atoms with Gasteiger partial charge in [-0.2, -0.15) is 0 Å². The van der Waals surface area contributed by atoms with Gasteiger partial charge in [0, 0.05) is 11.4 Å². The van der Waals surface area contributed by atoms with E-state index in [9.17, 15) is 4.79 Å². The first-order chi connectivity index (χ1) is 17.2. The van der Waals surface area contributed by atoms with Gasteiger partial charge >= 0.3 is 6.09 Å². The molecule has 2 unspecified atom stereocenters. The number of rotatable bonds is 5. The van der Waals surface area contributed by atoms with E-state index in [0.717, 1.165) is 28.3 Å². The van der Waals surface area contributed by atoms with E-state index in [1.807, 2.05) is 96.1 Å². The third-order valence-electron chi connectivity index (χ3n) is 6.75. The molecule has 2 aliphatic heterocycles. The normalized spacial score (nSPS) is 21.6. The van der Waals surface area contributed by atoms with Gasteiger partial charge < -0.3 is 14.5 Å². The largest absolute Gasteiger partial charge is 0.497 e. The summed E-state index contributed by atoms with van der Waals surface area (Å²) in [5.74, 6) is 0.792. The van der Waals surface area contributed by atoms with E-state index < -0.39 is 11.8 Å². The van der Waals surface area contributed by atoms with Crippen molar-refractivity contribution in [3.05, 3.63) is 126 Å². The molecule has 35 heavy (non-hydrogen) atoms. The third kappa shape index (κ3) is 3.33. The maximum absolute atomic E-state index is 13.5. The Kier molecular flexibility index (Phi) is 5.16. The SMILES string of the molecule is COc1ccc(N2CC3(c4ccccc4)N(c4ccccc4)C(=O)ON3C2c2ccccc2)cc1. The topological polar surface area (TPSA) is 45.3 Å². The van der Waals surface area contributed by atoms with Crippen LogP contribution in [0.15, 0.2) is 115 Å². The molecule has 2 fully saturated rings. The number of benzene rings is 4. The van der Waals surface area contributed by atoms with Crippen LogP contribution in [0.3, 0.4) is 0 Å². The lowest BCUT2D eigenvalue weighted by Gasteiger charge is -2.35. The van der Waals surface area contributed by atoms with E-state index in [-0.39, 0.29) is 6.17 Å². The second-order valence-corrected chi connectivity index (χ2v) is 8.65. The van der Waals surface area contributed by atoms with Crippen LogP contribution in [0.5, 0.6) is 5.75 Å². The van der Waals surface area contributed by atoms with E-state index in [2.05, 4.69) is 29.2 Å². The molecule has 174 valence electrons. The number of amides is 1. The lowest BCUT2D eigenvalue weighted by atomic mass is 9.97. The molecule has 2 heterocycles. The zero-order chi connectivity index (χ0) is 23.8. The summed E-state index contributed by atoms with van der Waals surface area (Å²) in [7, 11) is 1.66. The minimum atomic E-state index is -0.875. The van der Waals surface area contributed by atoms with Crippen molar-refractivity contribution < 1.29 is 14.4 Å². The first kappa shape index (κ1) is 21.3. The Bertz CT molecular complexity index is 1320. The van der Waals surface area contributed by atoms with E-state index >= 15 is 0 Å². The van der Waals surface area contributed by atoms with Gasteiger partial charge in [0.2, 0.25) is 0 Å². The number of methoxy groups -OCH3 is 1. The summed E-state index contributed by atoms with van der Waals surface area (Å²) in [6, 6.07) is 38.0. The molecule has 0 aliphatic carbocycles. The van der Waals surface area contributed by atoms with E-state index in [0.29, 0.717) is 6.54 Å². The molecule has 4 aromatic carbocycles. The Hall–Kier alpha value is -4.29. The van der Waals surface area contributed by atoms with Gasteiger partial charge in [-0.05, 0) is 47.5 Å². The van der Waals surface area contributed by atoms with Crippen LogP contribution in [0.25, 0.3) is 0 Å². The average molecular weight is 464 g/mol. The standard InChI is InChI=1S/C29H25N3O3/c1-34-26-19-17-24(18-20-26)30-21-29(23-13-7-3-8-14-23)31(25-15-9-4-10-16-25)28(33)35-32(29)27(30)22-11-5-2-6-12-22/h2-20,27H,21H2,1H3. The predicted molar refractivity (Wildman–Crippen MR) is 135 cm³/mol. The molecule has 0 saturated carbocycles. The van der Waals surface area contributed by atoms with Crippen molar-refractivity contribution in [2.24, 2.45) is 0 Å². The second-order valence-electron chi connectivity index (χ2n) is 8.65. The van der Waals surface area contributed by atoms with E-state index in [4.69, 9.17) is 9.57 Å². The fourth-order valence-electron chi connectivity index (χ4n) is 5.19. The van der Waals surface area contributed by atoms with Crippen LogP contribution < -0.4 is 14.5 Å². The Morgan fingerprint density at radius 1 is 0.771 bits per heavy atom. The summed E-state index contributed by atoms with van der Waals surface area (Å²) >= 11 is 0. The highest BCUT2D eigenvalue weighted by Crippen LogP contribution is 2.53. The Morgan fingerprint density at radius 2 is 1.37 bits per heavy atom. The highest BCUT2D eigenvalue weighted by atomic mass is 16.8. The number of fused-ring (bicyclic) bond motifs is 1. The zero-order valence-electron chi connectivity index (χ0n) is 19.3. The fraction of sp³-hybridized carbons (Fsp3) is 0.138. The molecule has 0 bridgehead atoms. The Labute approximate surface area is 204 Å². The van der Waals surface area contributed by atoms with E-state index in [1.165, 1.54) is 0 Å². The first-order valence-corrected chi connectivity index (χ1v) is 11.6. The number of para-hydroxylation sites is 1. The van der Waals surface area contributed by atoms with Gasteiger partial charge in [0.25, 0.3) is 0 Å². The average Bonchev–Trinajstić information content (AvgIpc) is 3.40. The van der Waals surface area contributed by atoms with Crippen molar-refractivity contribution in [2.45, 2.75) is 11.8 Å². The molecule has 4 aromatic rings. The minimum absolute atomic E-state index is 0.331. The number of carbonyl (C=O) groups is 1. The third-order valence-corrected chi connectivity index (χ3v) is 6.75. The summed E-state index contributed by atoms with van der Waals surface area (Å²) in [5, 5.41) is 1.86. The van der Waals surface area contributed by atoms with Crippen molar-refractivity contribution in [1.82, 2.24) is 5.06 Å². The number of hydrogen-bond acceptors (Lipinski definition) is 5. The maximum atomic E-state index is 13.5. The van der Waals surface area contributed by atoms with Crippen molar-refractivity contribution >= 4 is 17.5 Å². The molecule has 2 aliphatic rings. The first-order valence-electron chi connectivity index (χ1n) is 11.6. The van der Waals surface area contributed by atoms with E-state index in [1.54, 1.807) is 12.0 Å². The summed E-state index contributed by atoms with van der Waals surface area (Å²) in [6.45, 7) is 0.504. The Balaban J connectivity index is 1.57. The molecule has 2 atom stereocenters. The molecule has 0 N–H and O–H groups in total. The van der Waals surface area contributed by atoms with Crippen molar-refractivity contribution in [1.29, 1.82) is 0 Å². The van der Waals surface area contributed by atoms with Gasteiger partial charge in [-0.15, -0.1) is 0 Å². The molecule has 0 radical (unpaired) electrons. The maximum Gasteiger partial charge on any atom is 0.435 e. The van der Waals surface area contributed by atoms with Crippen LogP contribution in [-0.2, 0) is 10.5 Å². The number of hydroxylamine groups is 2. The van der Waals surface area contributed by atoms with Crippen LogP contribution in [-0.4, -0.2) is 24.8 Å². The Morgan fingerprint density at radius 3 is 2.00 bits per heavy atom. The van der Waals surface area contributed by atoms with Crippen LogP contribution in [0.4, 0.5) is 16.2 Å². The second kappa shape index (κ2) is 8.49. The lowest BCUT2D eigenvalue weighted by molar-refractivity contribution is -0.136. The van der Waals surface area contributed by atoms with Crippen LogP contribution in [0.1, 0.15) is 17.3 Å². The van der Waals surface area contributed by atoms with Gasteiger partial charge in [-0.25, -0.2) is 9.69 Å². The highest BCUT2D eigenvalue weighted by Gasteiger charge is 2.65. The minimum Gasteiger partial charge on any atom is -0.497 e. The summed E-state index contributed by atoms with van der Waals surface area (Å²) in [5.41, 5.74) is 2.93. The molecule has 1 amide bonds. The number of ether oxygens (including phenoxy) is 1. The highest BCUT2D eigenvalue weighted by molar-refractivity contribution is 5.92. The van der Waals surface area contributed by atoms with Crippen LogP contribution in [0.2, 0.25) is 0 Å². The summed E-state index contributed by atoms with van der Waals surface area (Å²) < 4.78 is 5.39. The summed E-state index contributed by atoms with van der Waals surface area (Å²) in [6.07, 6.45) is -0.724. The lowest BCUT2D eigenvalue weighted by Crippen LogP contribution is -2.51. The van der Waals surface area contributed by atoms with Crippen molar-refractivity contribution in [3.63, 3.8) is 0 Å². The smallest absolute Gasteiger partial charge is 0.435 e. The monoisotopic (exact) mass is 463 g/mol. The van der Waals surface area contributed by atoms with Crippen LogP contribution in [0, 0.1) is 0 Å². The molecule has 6 rings (SSSR count). The zero-order valence-corrected chi connectivity index (χ0v) is 19.3. The number of anilines is 2. The molecule has 0 spiro atoms. The van der Waals surface area contributed by atoms with Crippen molar-refractivity contribution in [3.8, 4) is 5.75 Å². The van der Waals surface area contributed by atoms with Gasteiger partial charge in [0.1, 0.15) is 11.9 Å². The molecule has 6 heteroatoms. The molecule has 2 saturated heterocycles. The molecular formula is C29H25N3O3.